The summed E-state index contributed by atoms with van der Waals surface area (Å²) in [5.41, 5.74) is 0. The number of phosphoric ester groups is 1. The number of quaternary nitrogens is 1. The number of carbonyl (C=O) groups excluding carboxylic acids is 1. The first-order valence-electron chi connectivity index (χ1n) is 31.9. The number of hydrogen-bond donors (Lipinski definition) is 3. The maximum atomic E-state index is 13.0. The average Bonchev–Trinajstić information content (AvgIpc) is 3.42. The third-order valence-electron chi connectivity index (χ3n) is 13.2. The number of unbranched alkanes of at least 4 members (excludes halogenated alkanes) is 19. The standard InChI is InChI=1S/C71H119N2O6P/c1-6-8-10-12-14-16-18-20-22-24-26-28-29-30-31-32-33-34-35-36-37-38-39-40-41-42-43-45-47-49-51-53-55-57-59-61-63-65-71(75)72-69(68-79-80(76,77)78-67-66-73(3,4)5)70(74)64-62-60-58-56-54-52-50-48-46-44-27-25-23-21-19-17-15-13-11-9-7-2/h8,10,14,16,20,22,26,28,30-31,33-34,36-37,39-40,42-43,47,49,53-56,62,64,69-70,74H,6-7,9,11-13,15,17-19,21,23-25,27,29,32,35,38,41,44-46,48,50-52,57-61,63,65-68H2,1-5H3,(H-,72,75,76,77)/p+1/b10-8-,16-14-,22-20-,28-26-,31-30-,34-33-,37-36-,40-39-,43-42-,49-47-,55-53-,56-54+,64-62+. The van der Waals surface area contributed by atoms with Gasteiger partial charge in [-0.05, 0) is 116 Å². The van der Waals surface area contributed by atoms with Crippen LogP contribution in [-0.4, -0.2) is 73.4 Å². The molecule has 0 aliphatic heterocycles. The Bertz CT molecular complexity index is 1860. The monoisotopic (exact) mass is 1130 g/mol. The van der Waals surface area contributed by atoms with Gasteiger partial charge in [-0.1, -0.05) is 268 Å². The Balaban J connectivity index is 4.31. The molecule has 0 fully saturated rings. The number of amides is 1. The minimum Gasteiger partial charge on any atom is -0.387 e. The van der Waals surface area contributed by atoms with Gasteiger partial charge in [-0.15, -0.1) is 0 Å². The third kappa shape index (κ3) is 61.7. The van der Waals surface area contributed by atoms with Gasteiger partial charge in [0.05, 0.1) is 39.9 Å². The molecular formula is C71H120N2O6P+. The molecule has 0 aromatic rings. The van der Waals surface area contributed by atoms with Gasteiger partial charge < -0.3 is 19.8 Å². The first-order chi connectivity index (χ1) is 39.0. The van der Waals surface area contributed by atoms with Crippen molar-refractivity contribution in [3.8, 4) is 0 Å². The molecule has 3 N–H and O–H groups in total. The number of phosphoric acid groups is 1. The van der Waals surface area contributed by atoms with Gasteiger partial charge in [0.1, 0.15) is 13.2 Å². The quantitative estimate of drug-likeness (QED) is 0.0243. The lowest BCUT2D eigenvalue weighted by Crippen LogP contribution is -2.45. The molecule has 454 valence electrons. The Hall–Kier alpha value is -3.88. The summed E-state index contributed by atoms with van der Waals surface area (Å²) in [6.07, 6.45) is 93.7. The largest absolute Gasteiger partial charge is 0.472 e. The van der Waals surface area contributed by atoms with Crippen LogP contribution in [0.2, 0.25) is 0 Å². The van der Waals surface area contributed by atoms with Gasteiger partial charge >= 0.3 is 7.82 Å². The lowest BCUT2D eigenvalue weighted by Gasteiger charge is -2.25. The van der Waals surface area contributed by atoms with E-state index in [0.29, 0.717) is 23.9 Å². The van der Waals surface area contributed by atoms with Gasteiger partial charge in [0, 0.05) is 6.42 Å². The second-order valence-electron chi connectivity index (χ2n) is 22.0. The molecule has 0 aliphatic carbocycles. The van der Waals surface area contributed by atoms with E-state index in [2.05, 4.69) is 165 Å². The molecule has 0 bridgehead atoms. The molecule has 0 heterocycles. The van der Waals surface area contributed by atoms with E-state index in [0.717, 1.165) is 109 Å². The summed E-state index contributed by atoms with van der Waals surface area (Å²) in [6, 6.07) is -0.895. The predicted molar refractivity (Wildman–Crippen MR) is 350 cm³/mol. The normalized spacial score (nSPS) is 14.8. The van der Waals surface area contributed by atoms with E-state index in [1.807, 2.05) is 27.2 Å². The Kier molecular flexibility index (Phi) is 56.8. The summed E-state index contributed by atoms with van der Waals surface area (Å²) in [5, 5.41) is 13.9. The summed E-state index contributed by atoms with van der Waals surface area (Å²) in [5.74, 6) is -0.224. The van der Waals surface area contributed by atoms with Gasteiger partial charge in [0.15, 0.2) is 0 Å². The Morgan fingerprint density at radius 1 is 0.438 bits per heavy atom. The fourth-order valence-electron chi connectivity index (χ4n) is 8.30. The lowest BCUT2D eigenvalue weighted by molar-refractivity contribution is -0.870. The summed E-state index contributed by atoms with van der Waals surface area (Å²) in [7, 11) is 1.51. The maximum absolute atomic E-state index is 13.0. The van der Waals surface area contributed by atoms with Crippen LogP contribution in [-0.2, 0) is 18.4 Å². The van der Waals surface area contributed by atoms with E-state index in [9.17, 15) is 19.4 Å². The van der Waals surface area contributed by atoms with Crippen LogP contribution in [0.4, 0.5) is 0 Å². The van der Waals surface area contributed by atoms with E-state index in [4.69, 9.17) is 9.05 Å². The van der Waals surface area contributed by atoms with Gasteiger partial charge in [-0.25, -0.2) is 4.57 Å². The first kappa shape index (κ1) is 76.1. The SMILES string of the molecule is CC/C=C\C/C=C\C/C=C\C/C=C\C/C=C\C/C=C\C/C=C\C/C=C\C/C=C\C/C=C\C/C=C\CCCCCC(=O)NC(COP(=O)(O)OCC[N+](C)(C)C)C(O)/C=C/CC/C=C/CCCCCCCCCCCCCCCCC. The molecule has 0 spiro atoms. The van der Waals surface area contributed by atoms with Crippen molar-refractivity contribution in [1.29, 1.82) is 0 Å². The third-order valence-corrected chi connectivity index (χ3v) is 14.2. The van der Waals surface area contributed by atoms with Crippen LogP contribution >= 0.6 is 7.82 Å². The Morgan fingerprint density at radius 3 is 1.15 bits per heavy atom. The van der Waals surface area contributed by atoms with E-state index >= 15 is 0 Å². The topological polar surface area (TPSA) is 105 Å². The molecule has 80 heavy (non-hydrogen) atoms. The molecule has 0 aromatic heterocycles. The summed E-state index contributed by atoms with van der Waals surface area (Å²) in [6.45, 7) is 4.65. The number of carbonyl (C=O) groups is 1. The minimum atomic E-state index is -4.38. The van der Waals surface area contributed by atoms with E-state index < -0.39 is 20.0 Å². The number of aliphatic hydroxyl groups is 1. The molecule has 1 amide bonds. The molecule has 0 rings (SSSR count). The number of allylic oxidation sites excluding steroid dienone is 25. The molecule has 0 radical (unpaired) electrons. The van der Waals surface area contributed by atoms with Crippen molar-refractivity contribution in [3.05, 3.63) is 158 Å². The zero-order valence-electron chi connectivity index (χ0n) is 51.8. The zero-order valence-corrected chi connectivity index (χ0v) is 52.6. The fraction of sp³-hybridized carbons (Fsp3) is 0.620. The number of nitrogens with zero attached hydrogens (tertiary/aromatic N) is 1. The highest BCUT2D eigenvalue weighted by Gasteiger charge is 2.27. The fourth-order valence-corrected chi connectivity index (χ4v) is 9.03. The molecule has 3 unspecified atom stereocenters. The van der Waals surface area contributed by atoms with Crippen molar-refractivity contribution in [3.63, 3.8) is 0 Å². The Labute approximate surface area is 492 Å². The second kappa shape index (κ2) is 59.7. The lowest BCUT2D eigenvalue weighted by atomic mass is 10.0. The van der Waals surface area contributed by atoms with Gasteiger partial charge in [0.25, 0.3) is 0 Å². The molecule has 0 aromatic carbocycles. The molecule has 0 saturated carbocycles. The molecule has 0 aliphatic rings. The highest BCUT2D eigenvalue weighted by atomic mass is 31.2. The molecule has 8 nitrogen and oxygen atoms in total. The van der Waals surface area contributed by atoms with Crippen molar-refractivity contribution in [2.75, 3.05) is 40.9 Å². The summed E-state index contributed by atoms with van der Waals surface area (Å²) in [4.78, 5) is 23.3. The highest BCUT2D eigenvalue weighted by molar-refractivity contribution is 7.47. The van der Waals surface area contributed by atoms with Crippen LogP contribution in [0.1, 0.15) is 232 Å². The number of likely N-dealkylation sites (N-methyl/N-ethyl adjacent to an activating group) is 1. The number of aliphatic hydroxyl groups excluding tert-OH is 1. The number of nitrogens with one attached hydrogen (secondary N) is 1. The summed E-state index contributed by atoms with van der Waals surface area (Å²) >= 11 is 0. The van der Waals surface area contributed by atoms with Crippen molar-refractivity contribution in [2.45, 2.75) is 244 Å². The van der Waals surface area contributed by atoms with Crippen molar-refractivity contribution in [2.24, 2.45) is 0 Å². The van der Waals surface area contributed by atoms with Crippen molar-refractivity contribution >= 4 is 13.7 Å². The van der Waals surface area contributed by atoms with Crippen LogP contribution in [0, 0.1) is 0 Å². The second-order valence-corrected chi connectivity index (χ2v) is 23.5. The molecule has 0 saturated heterocycles. The average molecular weight is 1130 g/mol. The minimum absolute atomic E-state index is 0.0407. The number of rotatable bonds is 56. The van der Waals surface area contributed by atoms with Crippen LogP contribution < -0.4 is 5.32 Å². The van der Waals surface area contributed by atoms with Crippen LogP contribution in [0.25, 0.3) is 0 Å². The van der Waals surface area contributed by atoms with Gasteiger partial charge in [-0.3, -0.25) is 13.8 Å². The van der Waals surface area contributed by atoms with Crippen LogP contribution in [0.5, 0.6) is 0 Å². The molecule has 9 heteroatoms. The van der Waals surface area contributed by atoms with Crippen molar-refractivity contribution < 1.29 is 32.9 Å². The van der Waals surface area contributed by atoms with E-state index in [1.165, 1.54) is 96.3 Å². The van der Waals surface area contributed by atoms with Gasteiger partial charge in [-0.2, -0.15) is 0 Å². The molecular weight excluding hydrogens is 1010 g/mol. The van der Waals surface area contributed by atoms with E-state index in [-0.39, 0.29) is 19.1 Å². The highest BCUT2D eigenvalue weighted by Crippen LogP contribution is 2.43. The summed E-state index contributed by atoms with van der Waals surface area (Å²) < 4.78 is 23.7. The Morgan fingerprint density at radius 2 is 0.762 bits per heavy atom. The van der Waals surface area contributed by atoms with Crippen molar-refractivity contribution in [1.82, 2.24) is 5.32 Å². The number of hydrogen-bond acceptors (Lipinski definition) is 5. The first-order valence-corrected chi connectivity index (χ1v) is 33.4. The smallest absolute Gasteiger partial charge is 0.387 e. The molecule has 3 atom stereocenters. The zero-order chi connectivity index (χ0) is 58.4. The van der Waals surface area contributed by atoms with Crippen LogP contribution in [0.3, 0.4) is 0 Å². The predicted octanol–water partition coefficient (Wildman–Crippen LogP) is 20.2. The van der Waals surface area contributed by atoms with Gasteiger partial charge in [0.2, 0.25) is 5.91 Å². The van der Waals surface area contributed by atoms with Crippen LogP contribution in [0.15, 0.2) is 158 Å². The van der Waals surface area contributed by atoms with E-state index in [1.54, 1.807) is 6.08 Å². The maximum Gasteiger partial charge on any atom is 0.472 e.